The number of fused-ring (bicyclic) bond motifs is 11. The van der Waals surface area contributed by atoms with Crippen molar-refractivity contribution in [3.63, 3.8) is 0 Å². The highest BCUT2D eigenvalue weighted by atomic mass is 32.1. The molecular weight excluding hydrogens is 979 g/mol. The van der Waals surface area contributed by atoms with Crippen molar-refractivity contribution in [3.8, 4) is 61.3 Å². The lowest BCUT2D eigenvalue weighted by Gasteiger charge is -2.18. The van der Waals surface area contributed by atoms with Gasteiger partial charge < -0.3 is 4.57 Å². The molecule has 0 saturated heterocycles. The first-order valence-electron chi connectivity index (χ1n) is 26.9. The zero-order valence-corrected chi connectivity index (χ0v) is 44.1. The summed E-state index contributed by atoms with van der Waals surface area (Å²) >= 11 is 3.85. The fourth-order valence-corrected chi connectivity index (χ4v) is 15.5. The van der Waals surface area contributed by atoms with E-state index in [-0.39, 0.29) is 0 Å². The second kappa shape index (κ2) is 18.1. The van der Waals surface area contributed by atoms with Gasteiger partial charge in [0.1, 0.15) is 0 Å². The molecule has 0 spiro atoms. The molecule has 1 nitrogen and oxygen atoms in total. The predicted molar refractivity (Wildman–Crippen MR) is 338 cm³/mol. The standard InChI is InChI=1S/C75H47NS2/c1-4-19-47(20-5-1)54-25-10-15-30-62-63-35-17-32-56(74(63)77-72(54)62)51-39-43-68-66(45-51)67-46-52(57-33-18-36-65-64-34-16-31-55(73(64)78-75(57)65)48-21-6-2-7-22-48)40-44-69(67)76(68)53-41-37-50(38-42-53)71-60-28-13-11-26-58(60)70(49-23-8-3-9-24-49)59-27-12-14-29-61(59)71/h1-29,31-46H,30H2. The first-order chi connectivity index (χ1) is 38.7. The molecule has 3 heteroatoms. The maximum Gasteiger partial charge on any atom is 0.0541 e. The van der Waals surface area contributed by atoms with E-state index < -0.39 is 0 Å². The van der Waals surface area contributed by atoms with Crippen LogP contribution < -0.4 is 0 Å². The minimum atomic E-state index is 0.908. The van der Waals surface area contributed by atoms with Gasteiger partial charge in [0.25, 0.3) is 0 Å². The van der Waals surface area contributed by atoms with Crippen LogP contribution in [0.1, 0.15) is 16.0 Å². The second-order valence-electron chi connectivity index (χ2n) is 20.6. The summed E-state index contributed by atoms with van der Waals surface area (Å²) in [4.78, 5) is 1.36. The van der Waals surface area contributed by atoms with Crippen molar-refractivity contribution in [3.05, 3.63) is 289 Å². The Morgan fingerprint density at radius 3 is 1.27 bits per heavy atom. The summed E-state index contributed by atoms with van der Waals surface area (Å²) < 4.78 is 6.46. The molecular formula is C75H47NS2. The fraction of sp³-hybridized carbons (Fsp3) is 0.0133. The van der Waals surface area contributed by atoms with Crippen LogP contribution in [0.25, 0.3) is 141 Å². The van der Waals surface area contributed by atoms with E-state index in [0.29, 0.717) is 0 Å². The van der Waals surface area contributed by atoms with Crippen molar-refractivity contribution in [1.29, 1.82) is 0 Å². The third-order valence-corrected chi connectivity index (χ3v) is 18.9. The van der Waals surface area contributed by atoms with Gasteiger partial charge in [0.15, 0.2) is 0 Å². The van der Waals surface area contributed by atoms with Crippen LogP contribution in [0.5, 0.6) is 0 Å². The molecule has 0 amide bonds. The van der Waals surface area contributed by atoms with Gasteiger partial charge in [0.2, 0.25) is 0 Å². The van der Waals surface area contributed by atoms with E-state index in [1.54, 1.807) is 0 Å². The van der Waals surface area contributed by atoms with Crippen molar-refractivity contribution in [2.45, 2.75) is 6.42 Å². The number of aromatic nitrogens is 1. The maximum absolute atomic E-state index is 2.49. The van der Waals surface area contributed by atoms with Crippen LogP contribution in [0.4, 0.5) is 0 Å². The van der Waals surface area contributed by atoms with E-state index in [1.807, 2.05) is 22.7 Å². The lowest BCUT2D eigenvalue weighted by molar-refractivity contribution is 1.18. The summed E-state index contributed by atoms with van der Waals surface area (Å²) in [5.41, 5.74) is 19.9. The fourth-order valence-electron chi connectivity index (χ4n) is 12.8. The van der Waals surface area contributed by atoms with E-state index in [4.69, 9.17) is 0 Å². The quantitative estimate of drug-likeness (QED) is 0.140. The van der Waals surface area contributed by atoms with Crippen molar-refractivity contribution in [1.82, 2.24) is 4.57 Å². The Morgan fingerprint density at radius 1 is 0.308 bits per heavy atom. The molecule has 3 heterocycles. The summed E-state index contributed by atoms with van der Waals surface area (Å²) in [7, 11) is 0. The normalized spacial score (nSPS) is 12.6. The highest BCUT2D eigenvalue weighted by Crippen LogP contribution is 2.49. The zero-order chi connectivity index (χ0) is 51.3. The molecule has 0 N–H and O–H groups in total. The van der Waals surface area contributed by atoms with E-state index in [2.05, 4.69) is 278 Å². The van der Waals surface area contributed by atoms with Crippen molar-refractivity contribution in [2.75, 3.05) is 0 Å². The van der Waals surface area contributed by atoms with Crippen LogP contribution in [0.2, 0.25) is 0 Å². The predicted octanol–water partition coefficient (Wildman–Crippen LogP) is 21.6. The molecule has 0 radical (unpaired) electrons. The minimum Gasteiger partial charge on any atom is -0.309 e. The highest BCUT2D eigenvalue weighted by Gasteiger charge is 2.23. The molecule has 0 atom stereocenters. The average Bonchev–Trinajstić information content (AvgIpc) is 4.24. The van der Waals surface area contributed by atoms with Crippen molar-refractivity contribution < 1.29 is 0 Å². The Hall–Kier alpha value is -9.38. The molecule has 0 saturated carbocycles. The number of benzene rings is 12. The average molecular weight is 1030 g/mol. The zero-order valence-electron chi connectivity index (χ0n) is 42.5. The van der Waals surface area contributed by atoms with Gasteiger partial charge in [-0.2, -0.15) is 0 Å². The molecule has 3 aromatic heterocycles. The molecule has 78 heavy (non-hydrogen) atoms. The summed E-state index contributed by atoms with van der Waals surface area (Å²) in [6.07, 6.45) is 7.75. The van der Waals surface area contributed by atoms with E-state index in [1.165, 1.54) is 151 Å². The van der Waals surface area contributed by atoms with Crippen molar-refractivity contribution in [2.24, 2.45) is 0 Å². The van der Waals surface area contributed by atoms with Crippen LogP contribution in [-0.2, 0) is 6.42 Å². The molecule has 0 aliphatic heterocycles. The van der Waals surface area contributed by atoms with Crippen LogP contribution in [0.3, 0.4) is 0 Å². The molecule has 16 rings (SSSR count). The van der Waals surface area contributed by atoms with Crippen LogP contribution in [0.15, 0.2) is 273 Å². The summed E-state index contributed by atoms with van der Waals surface area (Å²) in [5, 5.41) is 11.4. The highest BCUT2D eigenvalue weighted by molar-refractivity contribution is 7.27. The molecule has 0 fully saturated rings. The third kappa shape index (κ3) is 7.06. The molecule has 1 aliphatic rings. The largest absolute Gasteiger partial charge is 0.309 e. The lowest BCUT2D eigenvalue weighted by atomic mass is 9.86. The molecule has 1 aliphatic carbocycles. The number of rotatable bonds is 7. The topological polar surface area (TPSA) is 4.93 Å². The monoisotopic (exact) mass is 1030 g/mol. The van der Waals surface area contributed by atoms with Gasteiger partial charge in [-0.1, -0.05) is 237 Å². The molecule has 15 aromatic rings. The molecule has 364 valence electrons. The first kappa shape index (κ1) is 44.9. The molecule has 0 bridgehead atoms. The van der Waals surface area contributed by atoms with Crippen LogP contribution >= 0.6 is 22.7 Å². The van der Waals surface area contributed by atoms with Crippen LogP contribution in [0, 0.1) is 0 Å². The molecule has 12 aromatic carbocycles. The third-order valence-electron chi connectivity index (χ3n) is 16.3. The Bertz CT molecular complexity index is 4900. The lowest BCUT2D eigenvalue weighted by Crippen LogP contribution is -1.95. The van der Waals surface area contributed by atoms with E-state index in [0.717, 1.165) is 12.1 Å². The summed E-state index contributed by atoms with van der Waals surface area (Å²) in [5.74, 6) is 0. The van der Waals surface area contributed by atoms with E-state index in [9.17, 15) is 0 Å². The Morgan fingerprint density at radius 2 is 0.731 bits per heavy atom. The van der Waals surface area contributed by atoms with Gasteiger partial charge in [-0.05, 0) is 142 Å². The number of hydrogen-bond donors (Lipinski definition) is 0. The first-order valence-corrected chi connectivity index (χ1v) is 28.5. The Labute approximate surface area is 460 Å². The minimum absolute atomic E-state index is 0.908. The Kier molecular flexibility index (Phi) is 10.4. The van der Waals surface area contributed by atoms with Gasteiger partial charge in [0, 0.05) is 46.2 Å². The number of thiophene rings is 2. The summed E-state index contributed by atoms with van der Waals surface area (Å²) in [6.45, 7) is 0. The van der Waals surface area contributed by atoms with Gasteiger partial charge in [0.05, 0.1) is 11.0 Å². The number of nitrogens with zero attached hydrogens (tertiary/aromatic N) is 1. The maximum atomic E-state index is 2.49. The second-order valence-corrected chi connectivity index (χ2v) is 22.6. The van der Waals surface area contributed by atoms with Crippen molar-refractivity contribution >= 4 is 102 Å². The van der Waals surface area contributed by atoms with E-state index >= 15 is 0 Å². The number of allylic oxidation sites excluding steroid dienone is 3. The smallest absolute Gasteiger partial charge is 0.0541 e. The molecule has 0 unspecified atom stereocenters. The van der Waals surface area contributed by atoms with Gasteiger partial charge in [-0.25, -0.2) is 0 Å². The van der Waals surface area contributed by atoms with Gasteiger partial charge in [-0.3, -0.25) is 0 Å². The number of hydrogen-bond acceptors (Lipinski definition) is 2. The Balaban J connectivity index is 0.891. The SMILES string of the molecule is C1=CCc2c(sc3c(-c4ccc5c(c4)c4cc(-c6cccc7c6sc6c(-c8ccccc8)cccc67)ccc4n5-c4ccc(-c5c6ccccc6c(-c6ccccc6)c6ccccc56)cc4)cccc23)C(c2ccccc2)=C1. The van der Waals surface area contributed by atoms with Gasteiger partial charge >= 0.3 is 0 Å². The summed E-state index contributed by atoms with van der Waals surface area (Å²) in [6, 6.07) is 94.7. The van der Waals surface area contributed by atoms with Gasteiger partial charge in [-0.15, -0.1) is 22.7 Å². The van der Waals surface area contributed by atoms with Crippen LogP contribution in [-0.4, -0.2) is 4.57 Å².